The predicted molar refractivity (Wildman–Crippen MR) is 405 cm³/mol. The van der Waals surface area contributed by atoms with E-state index in [1.165, 1.54) is 0 Å². The number of nitrogens with one attached hydrogen (secondary N) is 3. The largest absolute Gasteiger partial charge is 0.505 e. The number of aryl methyl sites for hydroxylation is 4. The number of halogens is 4. The number of rotatable bonds is 30. The lowest BCUT2D eigenvalue weighted by Crippen LogP contribution is -2.27. The lowest BCUT2D eigenvalue weighted by Gasteiger charge is -2.17. The fourth-order valence-electron chi connectivity index (χ4n) is 12.5. The van der Waals surface area contributed by atoms with Crippen molar-refractivity contribution >= 4 is 45.4 Å². The zero-order valence-corrected chi connectivity index (χ0v) is 59.9. The first kappa shape index (κ1) is 76.8. The monoisotopic (exact) mass is 1470 g/mol. The summed E-state index contributed by atoms with van der Waals surface area (Å²) in [5, 5.41) is 29.3. The van der Waals surface area contributed by atoms with E-state index in [4.69, 9.17) is 33.5 Å². The van der Waals surface area contributed by atoms with E-state index in [1.807, 2.05) is 94.4 Å². The van der Waals surface area contributed by atoms with Gasteiger partial charge in [0.15, 0.2) is 40.6 Å². The van der Waals surface area contributed by atoms with Gasteiger partial charge >= 0.3 is 0 Å². The van der Waals surface area contributed by atoms with Crippen LogP contribution < -0.4 is 51.5 Å². The number of benzene rings is 10. The van der Waals surface area contributed by atoms with Crippen molar-refractivity contribution in [2.45, 2.75) is 79.1 Å². The summed E-state index contributed by atoms with van der Waals surface area (Å²) in [6.45, 7) is 10.7. The SMILES string of the molecule is Cc1cc(CC(=O)NCCCCCN)ccc1OCCOc1cc(-c2c3cc(F)c(=O)cc-3oc3cc(O)c(F)cc23)ccc1C.Cc1cc(CC(=O)NCCCCCNC(=O)c2ccc(C(=O)c3ccccc3)cc2)ccc1OCCOc1cc(-c2c3cc(F)c(=O)cc-3oc3cc(O)c(F)cc23)ccc1C. The summed E-state index contributed by atoms with van der Waals surface area (Å²) < 4.78 is 93.7. The minimum absolute atomic E-state index is 0.0266. The molecule has 0 radical (unpaired) electrons. The van der Waals surface area contributed by atoms with Crippen LogP contribution in [0.25, 0.3) is 66.8 Å². The fraction of sp³-hybridized carbons (Fsp3) is 0.233. The second-order valence-corrected chi connectivity index (χ2v) is 26.2. The lowest BCUT2D eigenvalue weighted by atomic mass is 9.92. The smallest absolute Gasteiger partial charge is 0.251 e. The molecule has 0 aromatic heterocycles. The van der Waals surface area contributed by atoms with Crippen molar-refractivity contribution in [2.75, 3.05) is 52.6 Å². The number of hydrogen-bond donors (Lipinski definition) is 6. The van der Waals surface area contributed by atoms with Crippen molar-refractivity contribution in [1.29, 1.82) is 0 Å². The van der Waals surface area contributed by atoms with Crippen LogP contribution >= 0.6 is 0 Å². The van der Waals surface area contributed by atoms with E-state index in [2.05, 4.69) is 16.0 Å². The molecule has 8 aromatic rings. The highest BCUT2D eigenvalue weighted by Crippen LogP contribution is 2.45. The first-order chi connectivity index (χ1) is 52.1. The average Bonchev–Trinajstić information content (AvgIpc) is 0.751. The maximum atomic E-state index is 14.6. The van der Waals surface area contributed by atoms with Crippen molar-refractivity contribution in [3.05, 3.63) is 270 Å². The first-order valence-electron chi connectivity index (χ1n) is 35.4. The van der Waals surface area contributed by atoms with Crippen LogP contribution in [0.2, 0.25) is 0 Å². The molecule has 4 aliphatic rings. The molecule has 0 fully saturated rings. The average molecular weight is 1470 g/mol. The minimum Gasteiger partial charge on any atom is -0.505 e. The van der Waals surface area contributed by atoms with E-state index in [9.17, 15) is 56.5 Å². The highest BCUT2D eigenvalue weighted by molar-refractivity contribution is 6.09. The molecule has 0 unspecified atom stereocenters. The van der Waals surface area contributed by atoms with E-state index in [0.717, 1.165) is 120 Å². The number of carbonyl (C=O) groups excluding carboxylic acids is 4. The van der Waals surface area contributed by atoms with Crippen LogP contribution in [0.5, 0.6) is 34.5 Å². The van der Waals surface area contributed by atoms with E-state index < -0.39 is 45.6 Å². The Morgan fingerprint density at radius 3 is 1.28 bits per heavy atom. The summed E-state index contributed by atoms with van der Waals surface area (Å²) >= 11 is 0. The molecule has 0 saturated carbocycles. The van der Waals surface area contributed by atoms with Crippen molar-refractivity contribution < 1.29 is 74.7 Å². The van der Waals surface area contributed by atoms with Crippen LogP contribution in [0.3, 0.4) is 0 Å². The van der Waals surface area contributed by atoms with Crippen LogP contribution in [0.15, 0.2) is 194 Å². The number of carbonyl (C=O) groups is 4. The molecule has 556 valence electrons. The zero-order chi connectivity index (χ0) is 76.5. The fourth-order valence-corrected chi connectivity index (χ4v) is 12.5. The molecule has 12 rings (SSSR count). The van der Waals surface area contributed by atoms with Crippen molar-refractivity contribution in [2.24, 2.45) is 5.73 Å². The summed E-state index contributed by atoms with van der Waals surface area (Å²) in [5.41, 5.74) is 13.2. The number of aromatic hydroxyl groups is 2. The predicted octanol–water partition coefficient (Wildman–Crippen LogP) is 15.5. The maximum absolute atomic E-state index is 14.6. The second kappa shape index (κ2) is 35.7. The molecular weight excluding hydrogens is 1390 g/mol. The van der Waals surface area contributed by atoms with Gasteiger partial charge in [0.25, 0.3) is 5.91 Å². The van der Waals surface area contributed by atoms with Gasteiger partial charge in [-0.25, -0.2) is 17.6 Å². The van der Waals surface area contributed by atoms with Crippen molar-refractivity contribution in [3.8, 4) is 79.4 Å². The van der Waals surface area contributed by atoms with Crippen LogP contribution in [-0.2, 0) is 22.4 Å². The Bertz CT molecular complexity index is 5340. The summed E-state index contributed by atoms with van der Waals surface area (Å²) in [6.07, 6.45) is 5.70. The lowest BCUT2D eigenvalue weighted by molar-refractivity contribution is -0.121. The number of nitrogens with two attached hydrogens (primary N) is 1. The number of amides is 3. The molecule has 7 N–H and O–H groups in total. The van der Waals surface area contributed by atoms with Gasteiger partial charge in [-0.05, 0) is 172 Å². The molecule has 0 spiro atoms. The molecule has 18 nitrogen and oxygen atoms in total. The van der Waals surface area contributed by atoms with Gasteiger partial charge in [-0.1, -0.05) is 97.4 Å². The highest BCUT2D eigenvalue weighted by Gasteiger charge is 2.25. The Hall–Kier alpha value is -12.3. The van der Waals surface area contributed by atoms with E-state index in [1.54, 1.807) is 60.7 Å². The Kier molecular flexibility index (Phi) is 25.4. The number of ether oxygens (including phenoxy) is 4. The number of phenols is 2. The molecule has 0 saturated heterocycles. The molecular formula is C86H80F4N4O14. The van der Waals surface area contributed by atoms with Crippen molar-refractivity contribution in [3.63, 3.8) is 0 Å². The minimum atomic E-state index is -0.983. The van der Waals surface area contributed by atoms with E-state index in [0.29, 0.717) is 88.1 Å². The number of phenolic OH excluding ortho intramolecular Hbond substituents is 2. The standard InChI is InChI=1S/C50H44F2N2O8.C36H36F2N2O6/c1-30-11-13-36(48-37-26-39(51)41(55)28-45(37)62-46-29-42(56)40(52)27-38(46)48)25-44(30)61-22-21-60-43-18-12-32(23-31(43)2)24-47(57)53-19-7-4-8-20-54-50(59)35-16-14-34(15-17-35)49(58)33-9-5-3-6-10-33;1-21-6-8-24(36-25-17-27(37)29(41)19-33(25)46-34-20-30(42)28(38)18-26(34)36)16-32(21)45-13-12-44-31-9-7-23(14-22(31)2)15-35(43)40-11-5-3-4-10-39/h3,5-6,9-18,23,25-29,55H,4,7-8,19-22,24H2,1-2H3,(H,53,57)(H,54,59);6-9,14,16-20,41H,3-5,10-13,15,39H2,1-2H3,(H,40,43). The van der Waals surface area contributed by atoms with Gasteiger partial charge in [-0.15, -0.1) is 0 Å². The maximum Gasteiger partial charge on any atom is 0.251 e. The van der Waals surface area contributed by atoms with Gasteiger partial charge in [-0.3, -0.25) is 28.8 Å². The molecule has 108 heavy (non-hydrogen) atoms. The van der Waals surface area contributed by atoms with Gasteiger partial charge in [0, 0.05) is 93.6 Å². The Balaban J connectivity index is 0.000000225. The van der Waals surface area contributed by atoms with Gasteiger partial charge in [-0.2, -0.15) is 0 Å². The van der Waals surface area contributed by atoms with Gasteiger partial charge in [0.1, 0.15) is 72.1 Å². The topological polar surface area (TPSA) is 268 Å². The van der Waals surface area contributed by atoms with E-state index >= 15 is 0 Å². The first-order valence-corrected chi connectivity index (χ1v) is 35.4. The molecule has 0 bridgehead atoms. The molecule has 22 heteroatoms. The molecule has 0 atom stereocenters. The second-order valence-electron chi connectivity index (χ2n) is 26.2. The van der Waals surface area contributed by atoms with Crippen LogP contribution in [0.1, 0.15) is 98.2 Å². The Morgan fingerprint density at radius 1 is 0.417 bits per heavy atom. The third kappa shape index (κ3) is 19.2. The van der Waals surface area contributed by atoms with Crippen LogP contribution in [-0.4, -0.2) is 86.3 Å². The highest BCUT2D eigenvalue weighted by atomic mass is 19.1. The molecule has 2 aliphatic heterocycles. The third-order valence-electron chi connectivity index (χ3n) is 18.2. The third-order valence-corrected chi connectivity index (χ3v) is 18.2. The normalized spacial score (nSPS) is 11.2. The summed E-state index contributed by atoms with van der Waals surface area (Å²) in [6, 6.07) is 46.1. The quantitative estimate of drug-likeness (QED) is 0.0106. The van der Waals surface area contributed by atoms with Gasteiger partial charge in [0.2, 0.25) is 22.7 Å². The van der Waals surface area contributed by atoms with Gasteiger partial charge < -0.3 is 59.7 Å². The van der Waals surface area contributed by atoms with Crippen LogP contribution in [0, 0.1) is 51.0 Å². The zero-order valence-electron chi connectivity index (χ0n) is 59.9. The number of ketones is 1. The molecule has 2 aliphatic carbocycles. The number of unbranched alkanes of at least 4 members (excludes halogenated alkanes) is 4. The Morgan fingerprint density at radius 2 is 0.833 bits per heavy atom. The van der Waals surface area contributed by atoms with E-state index in [-0.39, 0.29) is 107 Å². The van der Waals surface area contributed by atoms with Crippen molar-refractivity contribution in [1.82, 2.24) is 16.0 Å². The molecule has 3 amide bonds. The molecule has 2 heterocycles. The van der Waals surface area contributed by atoms with Crippen LogP contribution in [0.4, 0.5) is 17.6 Å². The summed E-state index contributed by atoms with van der Waals surface area (Å²) in [7, 11) is 0. The summed E-state index contributed by atoms with van der Waals surface area (Å²) in [5.74, 6) is -2.83. The number of hydrogen-bond acceptors (Lipinski definition) is 15. The molecule has 8 aromatic carbocycles. The summed E-state index contributed by atoms with van der Waals surface area (Å²) in [4.78, 5) is 74.3. The van der Waals surface area contributed by atoms with Gasteiger partial charge in [0.05, 0.1) is 12.8 Å². The number of fused-ring (bicyclic) bond motifs is 4. The Labute approximate surface area is 619 Å².